The Kier molecular flexibility index (Phi) is 3.56. The van der Waals surface area contributed by atoms with E-state index in [0.29, 0.717) is 5.56 Å². The number of carbonyl (C=O) groups excluding carboxylic acids is 1. The molecular weight excluding hydrogens is 196 g/mol. The Balaban J connectivity index is 2.94. The van der Waals surface area contributed by atoms with E-state index in [4.69, 9.17) is 5.11 Å². The summed E-state index contributed by atoms with van der Waals surface area (Å²) in [4.78, 5) is 25.3. The molecule has 0 aliphatic rings. The number of aliphatic carboxylic acids is 1. The first-order chi connectivity index (χ1) is 7.09. The van der Waals surface area contributed by atoms with Crippen molar-refractivity contribution in [3.05, 3.63) is 35.8 Å². The van der Waals surface area contributed by atoms with Crippen molar-refractivity contribution in [1.82, 2.24) is 10.3 Å². The first-order valence-corrected chi connectivity index (χ1v) is 4.22. The van der Waals surface area contributed by atoms with E-state index in [9.17, 15) is 9.59 Å². The maximum atomic E-state index is 10.7. The molecule has 78 valence electrons. The fourth-order valence-electron chi connectivity index (χ4n) is 0.967. The second kappa shape index (κ2) is 4.90. The average molecular weight is 206 g/mol. The van der Waals surface area contributed by atoms with E-state index < -0.39 is 11.9 Å². The van der Waals surface area contributed by atoms with Gasteiger partial charge in [-0.25, -0.2) is 4.79 Å². The lowest BCUT2D eigenvalue weighted by Gasteiger charge is -2.02. The van der Waals surface area contributed by atoms with Gasteiger partial charge in [-0.15, -0.1) is 0 Å². The number of nitrogens with zero attached hydrogens (tertiary/aromatic N) is 1. The van der Waals surface area contributed by atoms with E-state index in [1.54, 1.807) is 24.5 Å². The number of carboxylic acid groups (broad SMARTS) is 1. The van der Waals surface area contributed by atoms with Gasteiger partial charge in [0.25, 0.3) is 0 Å². The molecular formula is C10H10N2O3. The van der Waals surface area contributed by atoms with E-state index in [2.05, 4.69) is 10.3 Å². The molecule has 1 heterocycles. The molecule has 0 fully saturated rings. The molecule has 1 aromatic heterocycles. The zero-order chi connectivity index (χ0) is 11.3. The van der Waals surface area contributed by atoms with Gasteiger partial charge in [-0.1, -0.05) is 0 Å². The van der Waals surface area contributed by atoms with Gasteiger partial charge in [0.1, 0.15) is 5.70 Å². The number of hydrogen-bond donors (Lipinski definition) is 2. The van der Waals surface area contributed by atoms with Gasteiger partial charge in [0.2, 0.25) is 5.91 Å². The van der Waals surface area contributed by atoms with Gasteiger partial charge in [-0.2, -0.15) is 0 Å². The summed E-state index contributed by atoms with van der Waals surface area (Å²) in [6.45, 7) is 1.25. The largest absolute Gasteiger partial charge is 0.477 e. The Morgan fingerprint density at radius 1 is 1.40 bits per heavy atom. The molecule has 0 atom stereocenters. The van der Waals surface area contributed by atoms with Crippen LogP contribution in [0, 0.1) is 0 Å². The molecule has 0 aromatic carbocycles. The smallest absolute Gasteiger partial charge is 0.352 e. The molecule has 0 unspecified atom stereocenters. The molecule has 0 saturated heterocycles. The van der Waals surface area contributed by atoms with E-state index in [0.717, 1.165) is 0 Å². The maximum Gasteiger partial charge on any atom is 0.352 e. The Morgan fingerprint density at radius 2 is 2.00 bits per heavy atom. The number of carbonyl (C=O) groups is 2. The standard InChI is InChI=1S/C10H10N2O3/c1-7(13)12-9(10(14)15)6-8-2-4-11-5-3-8/h2-6H,1H3,(H,12,13)(H,14,15)/b9-6-. The minimum atomic E-state index is -1.18. The molecule has 15 heavy (non-hydrogen) atoms. The summed E-state index contributed by atoms with van der Waals surface area (Å²) in [5, 5.41) is 11.0. The number of rotatable bonds is 3. The van der Waals surface area contributed by atoms with Crippen LogP contribution >= 0.6 is 0 Å². The summed E-state index contributed by atoms with van der Waals surface area (Å²) < 4.78 is 0. The molecule has 0 aliphatic carbocycles. The highest BCUT2D eigenvalue weighted by Gasteiger charge is 2.08. The Hall–Kier alpha value is -2.17. The van der Waals surface area contributed by atoms with Crippen molar-refractivity contribution < 1.29 is 14.7 Å². The number of amides is 1. The predicted molar refractivity (Wildman–Crippen MR) is 53.7 cm³/mol. The Morgan fingerprint density at radius 3 is 2.47 bits per heavy atom. The Bertz CT molecular complexity index is 398. The lowest BCUT2D eigenvalue weighted by molar-refractivity contribution is -0.134. The summed E-state index contributed by atoms with van der Waals surface area (Å²) in [5.41, 5.74) is 0.504. The van der Waals surface area contributed by atoms with Crippen LogP contribution in [-0.2, 0) is 9.59 Å². The molecule has 1 aromatic rings. The first-order valence-electron chi connectivity index (χ1n) is 4.22. The monoisotopic (exact) mass is 206 g/mol. The summed E-state index contributed by atoms with van der Waals surface area (Å²) in [7, 11) is 0. The highest BCUT2D eigenvalue weighted by Crippen LogP contribution is 2.03. The maximum absolute atomic E-state index is 10.7. The molecule has 5 nitrogen and oxygen atoms in total. The van der Waals surface area contributed by atoms with Crippen molar-refractivity contribution in [2.24, 2.45) is 0 Å². The van der Waals surface area contributed by atoms with E-state index in [1.807, 2.05) is 0 Å². The minimum absolute atomic E-state index is 0.159. The second-order valence-electron chi connectivity index (χ2n) is 2.82. The van der Waals surface area contributed by atoms with Crippen molar-refractivity contribution in [3.8, 4) is 0 Å². The third kappa shape index (κ3) is 3.60. The number of pyridine rings is 1. The SMILES string of the molecule is CC(=O)N/C(=C\c1ccncc1)C(=O)O. The fraction of sp³-hybridized carbons (Fsp3) is 0.100. The van der Waals surface area contributed by atoms with Crippen LogP contribution < -0.4 is 5.32 Å². The third-order valence-electron chi connectivity index (χ3n) is 1.56. The number of aromatic nitrogens is 1. The quantitative estimate of drug-likeness (QED) is 0.711. The van der Waals surface area contributed by atoms with Crippen LogP contribution in [0.2, 0.25) is 0 Å². The van der Waals surface area contributed by atoms with Gasteiger partial charge in [-0.3, -0.25) is 9.78 Å². The zero-order valence-corrected chi connectivity index (χ0v) is 8.10. The topological polar surface area (TPSA) is 79.3 Å². The number of nitrogens with one attached hydrogen (secondary N) is 1. The lowest BCUT2D eigenvalue weighted by atomic mass is 10.2. The lowest BCUT2D eigenvalue weighted by Crippen LogP contribution is -2.24. The molecule has 0 bridgehead atoms. The van der Waals surface area contributed by atoms with Crippen LogP contribution in [0.5, 0.6) is 0 Å². The van der Waals surface area contributed by atoms with Crippen LogP contribution in [0.15, 0.2) is 30.2 Å². The van der Waals surface area contributed by atoms with Gasteiger partial charge >= 0.3 is 5.97 Å². The summed E-state index contributed by atoms with van der Waals surface area (Å²) in [6.07, 6.45) is 4.45. The van der Waals surface area contributed by atoms with Crippen LogP contribution in [0.4, 0.5) is 0 Å². The second-order valence-corrected chi connectivity index (χ2v) is 2.82. The number of carboxylic acids is 1. The molecule has 1 rings (SSSR count). The van der Waals surface area contributed by atoms with E-state index in [-0.39, 0.29) is 5.70 Å². The highest BCUT2D eigenvalue weighted by atomic mass is 16.4. The number of hydrogen-bond acceptors (Lipinski definition) is 3. The average Bonchev–Trinajstić information content (AvgIpc) is 2.17. The van der Waals surface area contributed by atoms with Crippen molar-refractivity contribution in [1.29, 1.82) is 0 Å². The van der Waals surface area contributed by atoms with Gasteiger partial charge < -0.3 is 10.4 Å². The highest BCUT2D eigenvalue weighted by molar-refractivity contribution is 5.96. The molecule has 0 aliphatic heterocycles. The third-order valence-corrected chi connectivity index (χ3v) is 1.56. The van der Waals surface area contributed by atoms with Crippen LogP contribution in [0.25, 0.3) is 6.08 Å². The van der Waals surface area contributed by atoms with Gasteiger partial charge in [0.15, 0.2) is 0 Å². The van der Waals surface area contributed by atoms with Crippen LogP contribution in [0.1, 0.15) is 12.5 Å². The van der Waals surface area contributed by atoms with Crippen molar-refractivity contribution >= 4 is 18.0 Å². The van der Waals surface area contributed by atoms with Gasteiger partial charge in [0, 0.05) is 19.3 Å². The summed E-state index contributed by atoms with van der Waals surface area (Å²) in [6, 6.07) is 3.29. The zero-order valence-electron chi connectivity index (χ0n) is 8.10. The minimum Gasteiger partial charge on any atom is -0.477 e. The van der Waals surface area contributed by atoms with Crippen molar-refractivity contribution in [2.45, 2.75) is 6.92 Å². The molecule has 1 amide bonds. The normalized spacial score (nSPS) is 10.9. The predicted octanol–water partition coefficient (Wildman–Crippen LogP) is 0.643. The van der Waals surface area contributed by atoms with Crippen molar-refractivity contribution in [2.75, 3.05) is 0 Å². The van der Waals surface area contributed by atoms with E-state index >= 15 is 0 Å². The molecule has 5 heteroatoms. The molecule has 0 spiro atoms. The van der Waals surface area contributed by atoms with Crippen molar-refractivity contribution in [3.63, 3.8) is 0 Å². The fourth-order valence-corrected chi connectivity index (χ4v) is 0.967. The first kappa shape index (κ1) is 10.9. The van der Waals surface area contributed by atoms with Gasteiger partial charge in [0.05, 0.1) is 0 Å². The van der Waals surface area contributed by atoms with E-state index in [1.165, 1.54) is 13.0 Å². The summed E-state index contributed by atoms with van der Waals surface area (Å²) in [5.74, 6) is -1.60. The van der Waals surface area contributed by atoms with Crippen LogP contribution in [-0.4, -0.2) is 22.0 Å². The molecule has 0 saturated carbocycles. The molecule has 0 radical (unpaired) electrons. The Labute approximate surface area is 86.5 Å². The van der Waals surface area contributed by atoms with Gasteiger partial charge in [-0.05, 0) is 23.8 Å². The molecule has 2 N–H and O–H groups in total. The van der Waals surface area contributed by atoms with Crippen LogP contribution in [0.3, 0.4) is 0 Å². The summed E-state index contributed by atoms with van der Waals surface area (Å²) >= 11 is 0.